The van der Waals surface area contributed by atoms with E-state index < -0.39 is 0 Å². The van der Waals surface area contributed by atoms with Crippen LogP contribution < -0.4 is 5.32 Å². The molecule has 0 saturated carbocycles. The summed E-state index contributed by atoms with van der Waals surface area (Å²) in [5, 5.41) is 6.67. The molecule has 0 aliphatic carbocycles. The van der Waals surface area contributed by atoms with Crippen LogP contribution in [0.15, 0.2) is 17.9 Å². The summed E-state index contributed by atoms with van der Waals surface area (Å²) in [6.45, 7) is 11.4. The topological polar surface area (TPSA) is 42.7 Å². The predicted octanol–water partition coefficient (Wildman–Crippen LogP) is 3.19. The van der Waals surface area contributed by atoms with E-state index >= 15 is 0 Å². The summed E-state index contributed by atoms with van der Waals surface area (Å²) in [4.78, 5) is 9.13. The van der Waals surface area contributed by atoms with Gasteiger partial charge in [-0.2, -0.15) is 0 Å². The number of aromatic nitrogens is 3. The Morgan fingerprint density at radius 1 is 1.35 bits per heavy atom. The van der Waals surface area contributed by atoms with Crippen molar-refractivity contribution in [3.8, 4) is 0 Å². The second-order valence-electron chi connectivity index (χ2n) is 6.09. The number of nitrogens with one attached hydrogen (secondary N) is 1. The summed E-state index contributed by atoms with van der Waals surface area (Å²) < 4.78 is 2.11. The van der Waals surface area contributed by atoms with E-state index in [-0.39, 0.29) is 5.41 Å². The largest absolute Gasteiger partial charge is 0.330 e. The van der Waals surface area contributed by atoms with E-state index in [0.29, 0.717) is 0 Å². The number of hydrogen-bond donors (Lipinski definition) is 1. The summed E-state index contributed by atoms with van der Waals surface area (Å²) in [7, 11) is 0. The molecule has 1 N–H and O–H groups in total. The minimum Gasteiger partial charge on any atom is -0.330 e. The van der Waals surface area contributed by atoms with E-state index in [4.69, 9.17) is 4.98 Å². The average Bonchev–Trinajstić information content (AvgIpc) is 2.99. The van der Waals surface area contributed by atoms with E-state index in [0.717, 1.165) is 36.8 Å². The van der Waals surface area contributed by atoms with Crippen LogP contribution in [0.4, 0.5) is 0 Å². The Labute approximate surface area is 125 Å². The summed E-state index contributed by atoms with van der Waals surface area (Å²) >= 11 is 1.73. The Bertz CT molecular complexity index is 536. The Morgan fingerprint density at radius 3 is 2.80 bits per heavy atom. The van der Waals surface area contributed by atoms with Gasteiger partial charge in [-0.15, -0.1) is 11.3 Å². The highest BCUT2D eigenvalue weighted by Gasteiger charge is 2.17. The van der Waals surface area contributed by atoms with Crippen molar-refractivity contribution in [2.45, 2.75) is 52.6 Å². The molecule has 20 heavy (non-hydrogen) atoms. The monoisotopic (exact) mass is 292 g/mol. The maximum atomic E-state index is 4.72. The number of nitrogens with zero attached hydrogens (tertiary/aromatic N) is 3. The molecule has 110 valence electrons. The number of rotatable bonds is 6. The van der Waals surface area contributed by atoms with Crippen LogP contribution in [0.2, 0.25) is 0 Å². The Kier molecular flexibility index (Phi) is 4.94. The smallest absolute Gasteiger partial charge is 0.113 e. The number of thiazole rings is 1. The third-order valence-corrected chi connectivity index (χ3v) is 3.89. The van der Waals surface area contributed by atoms with Gasteiger partial charge in [0.25, 0.3) is 0 Å². The van der Waals surface area contributed by atoms with Gasteiger partial charge in [0.05, 0.1) is 24.3 Å². The van der Waals surface area contributed by atoms with Gasteiger partial charge < -0.3 is 9.88 Å². The molecule has 0 aliphatic rings. The van der Waals surface area contributed by atoms with Crippen molar-refractivity contribution in [3.05, 3.63) is 34.3 Å². The van der Waals surface area contributed by atoms with E-state index in [2.05, 4.69) is 54.1 Å². The predicted molar refractivity (Wildman–Crippen MR) is 84.1 cm³/mol. The molecule has 0 fully saturated rings. The molecule has 0 bridgehead atoms. The lowest BCUT2D eigenvalue weighted by atomic mass is 9.93. The van der Waals surface area contributed by atoms with Crippen LogP contribution in [-0.2, 0) is 18.5 Å². The van der Waals surface area contributed by atoms with Gasteiger partial charge in [-0.1, -0.05) is 27.7 Å². The zero-order chi connectivity index (χ0) is 14.6. The van der Waals surface area contributed by atoms with Crippen LogP contribution in [0.3, 0.4) is 0 Å². The van der Waals surface area contributed by atoms with Crippen LogP contribution in [0, 0.1) is 0 Å². The third kappa shape index (κ3) is 4.15. The zero-order valence-corrected chi connectivity index (χ0v) is 13.6. The van der Waals surface area contributed by atoms with Gasteiger partial charge in [0.1, 0.15) is 5.01 Å². The quantitative estimate of drug-likeness (QED) is 0.832. The average molecular weight is 292 g/mol. The first-order chi connectivity index (χ1) is 9.49. The molecule has 2 aromatic rings. The van der Waals surface area contributed by atoms with Crippen molar-refractivity contribution in [2.75, 3.05) is 6.54 Å². The molecule has 2 aromatic heterocycles. The first-order valence-electron chi connectivity index (χ1n) is 7.15. The Balaban J connectivity index is 1.95. The summed E-state index contributed by atoms with van der Waals surface area (Å²) in [6, 6.07) is 0. The van der Waals surface area contributed by atoms with E-state index in [1.165, 1.54) is 5.69 Å². The van der Waals surface area contributed by atoms with Crippen LogP contribution in [-0.4, -0.2) is 21.1 Å². The van der Waals surface area contributed by atoms with Crippen LogP contribution in [0.25, 0.3) is 0 Å². The minimum atomic E-state index is 0.124. The maximum absolute atomic E-state index is 4.72. The highest BCUT2D eigenvalue weighted by molar-refractivity contribution is 7.09. The standard InChI is InChI=1S/C15H24N4S/c1-5-6-16-7-12-8-19(11-17-12)9-14-18-13(10-20-14)15(2,3)4/h8,10-11,16H,5-7,9H2,1-4H3. The second-order valence-corrected chi connectivity index (χ2v) is 7.03. The molecule has 2 rings (SSSR count). The lowest BCUT2D eigenvalue weighted by molar-refractivity contribution is 0.569. The minimum absolute atomic E-state index is 0.124. The fraction of sp³-hybridized carbons (Fsp3) is 0.600. The molecule has 0 spiro atoms. The van der Waals surface area contributed by atoms with Crippen molar-refractivity contribution in [3.63, 3.8) is 0 Å². The molecule has 0 saturated heterocycles. The number of hydrogen-bond acceptors (Lipinski definition) is 4. The van der Waals surface area contributed by atoms with Crippen molar-refractivity contribution in [2.24, 2.45) is 0 Å². The molecule has 0 aliphatic heterocycles. The molecule has 0 aromatic carbocycles. The van der Waals surface area contributed by atoms with E-state index in [9.17, 15) is 0 Å². The van der Waals surface area contributed by atoms with E-state index in [1.54, 1.807) is 11.3 Å². The fourth-order valence-electron chi connectivity index (χ4n) is 1.86. The second kappa shape index (κ2) is 6.50. The lowest BCUT2D eigenvalue weighted by Gasteiger charge is -2.14. The molecule has 2 heterocycles. The van der Waals surface area contributed by atoms with Crippen molar-refractivity contribution < 1.29 is 0 Å². The van der Waals surface area contributed by atoms with Crippen LogP contribution in [0.1, 0.15) is 50.5 Å². The molecule has 0 atom stereocenters. The van der Waals surface area contributed by atoms with Crippen LogP contribution >= 0.6 is 11.3 Å². The van der Waals surface area contributed by atoms with Crippen molar-refractivity contribution in [1.29, 1.82) is 0 Å². The third-order valence-electron chi connectivity index (χ3n) is 3.06. The number of imidazole rings is 1. The molecular formula is C15H24N4S. The van der Waals surface area contributed by atoms with Crippen LogP contribution in [0.5, 0.6) is 0 Å². The lowest BCUT2D eigenvalue weighted by Crippen LogP contribution is -2.13. The molecule has 0 radical (unpaired) electrons. The first kappa shape index (κ1) is 15.2. The van der Waals surface area contributed by atoms with Crippen molar-refractivity contribution >= 4 is 11.3 Å². The van der Waals surface area contributed by atoms with Gasteiger partial charge in [-0.25, -0.2) is 9.97 Å². The maximum Gasteiger partial charge on any atom is 0.113 e. The molecule has 5 heteroatoms. The fourth-order valence-corrected chi connectivity index (χ4v) is 2.89. The molecule has 0 unspecified atom stereocenters. The van der Waals surface area contributed by atoms with Gasteiger partial charge in [0, 0.05) is 23.5 Å². The van der Waals surface area contributed by atoms with Gasteiger partial charge >= 0.3 is 0 Å². The Hall–Kier alpha value is -1.20. The van der Waals surface area contributed by atoms with Gasteiger partial charge in [-0.3, -0.25) is 0 Å². The molecule has 4 nitrogen and oxygen atoms in total. The SMILES string of the molecule is CCCNCc1cn(Cc2nc(C(C)(C)C)cs2)cn1. The first-order valence-corrected chi connectivity index (χ1v) is 8.03. The van der Waals surface area contributed by atoms with Gasteiger partial charge in [0.2, 0.25) is 0 Å². The van der Waals surface area contributed by atoms with Crippen molar-refractivity contribution in [1.82, 2.24) is 19.9 Å². The zero-order valence-electron chi connectivity index (χ0n) is 12.8. The highest BCUT2D eigenvalue weighted by Crippen LogP contribution is 2.24. The van der Waals surface area contributed by atoms with E-state index in [1.807, 2.05) is 6.33 Å². The van der Waals surface area contributed by atoms with Gasteiger partial charge in [0.15, 0.2) is 0 Å². The Morgan fingerprint density at radius 2 is 2.15 bits per heavy atom. The molecule has 0 amide bonds. The summed E-state index contributed by atoms with van der Waals surface area (Å²) in [5.41, 5.74) is 2.38. The summed E-state index contributed by atoms with van der Waals surface area (Å²) in [6.07, 6.45) is 5.14. The summed E-state index contributed by atoms with van der Waals surface area (Å²) in [5.74, 6) is 0. The highest BCUT2D eigenvalue weighted by atomic mass is 32.1. The normalized spacial score (nSPS) is 12.0. The molecular weight excluding hydrogens is 268 g/mol. The van der Waals surface area contributed by atoms with Gasteiger partial charge in [-0.05, 0) is 13.0 Å².